The minimum Gasteiger partial charge on any atom is -0.325 e. The molecule has 0 spiro atoms. The average molecular weight is 218 g/mol. The van der Waals surface area contributed by atoms with Crippen molar-refractivity contribution in [2.24, 2.45) is 5.92 Å². The zero-order valence-electron chi connectivity index (χ0n) is 9.84. The van der Waals surface area contributed by atoms with Gasteiger partial charge in [-0.05, 0) is 37.9 Å². The van der Waals surface area contributed by atoms with E-state index in [1.807, 2.05) is 32.0 Å². The van der Waals surface area contributed by atoms with E-state index in [-0.39, 0.29) is 11.8 Å². The zero-order valence-corrected chi connectivity index (χ0v) is 9.84. The first kappa shape index (κ1) is 11.1. The highest BCUT2D eigenvalue weighted by Gasteiger charge is 2.22. The molecule has 1 aliphatic heterocycles. The van der Waals surface area contributed by atoms with Crippen molar-refractivity contribution in [3.8, 4) is 0 Å². The normalized spacial score (nSPS) is 19.8. The van der Waals surface area contributed by atoms with Gasteiger partial charge in [0.05, 0.1) is 5.92 Å². The second kappa shape index (κ2) is 4.66. The van der Waals surface area contributed by atoms with Crippen LogP contribution >= 0.6 is 0 Å². The fraction of sp³-hybridized carbons (Fsp3) is 0.462. The quantitative estimate of drug-likeness (QED) is 0.795. The van der Waals surface area contributed by atoms with Crippen LogP contribution in [0, 0.1) is 19.8 Å². The fourth-order valence-electron chi connectivity index (χ4n) is 2.12. The van der Waals surface area contributed by atoms with Crippen LogP contribution in [0.4, 0.5) is 5.69 Å². The van der Waals surface area contributed by atoms with Gasteiger partial charge in [-0.2, -0.15) is 0 Å². The van der Waals surface area contributed by atoms with E-state index in [9.17, 15) is 4.79 Å². The molecule has 0 saturated carbocycles. The predicted molar refractivity (Wildman–Crippen MR) is 65.5 cm³/mol. The molecule has 1 aliphatic rings. The highest BCUT2D eigenvalue weighted by molar-refractivity contribution is 5.94. The number of anilines is 1. The summed E-state index contributed by atoms with van der Waals surface area (Å²) in [7, 11) is 0. The van der Waals surface area contributed by atoms with Crippen LogP contribution in [-0.4, -0.2) is 19.0 Å². The van der Waals surface area contributed by atoms with E-state index in [2.05, 4.69) is 10.6 Å². The molecule has 1 amide bonds. The van der Waals surface area contributed by atoms with Crippen molar-refractivity contribution in [3.63, 3.8) is 0 Å². The third-order valence-electron chi connectivity index (χ3n) is 3.16. The van der Waals surface area contributed by atoms with Crippen molar-refractivity contribution in [3.05, 3.63) is 29.3 Å². The summed E-state index contributed by atoms with van der Waals surface area (Å²) in [5.74, 6) is 0.265. The number of para-hydroxylation sites is 1. The highest BCUT2D eigenvalue weighted by atomic mass is 16.1. The van der Waals surface area contributed by atoms with Crippen molar-refractivity contribution >= 4 is 11.6 Å². The maximum Gasteiger partial charge on any atom is 0.228 e. The molecule has 3 nitrogen and oxygen atoms in total. The van der Waals surface area contributed by atoms with Crippen LogP contribution in [-0.2, 0) is 4.79 Å². The smallest absolute Gasteiger partial charge is 0.228 e. The zero-order chi connectivity index (χ0) is 11.5. The SMILES string of the molecule is Cc1cccc(C)c1NC(=O)C1CCNC1. The third kappa shape index (κ3) is 2.25. The molecule has 2 rings (SSSR count). The van der Waals surface area contributed by atoms with Crippen LogP contribution in [0.3, 0.4) is 0 Å². The first-order chi connectivity index (χ1) is 7.68. The maximum atomic E-state index is 12.0. The number of aryl methyl sites for hydroxylation is 2. The summed E-state index contributed by atoms with van der Waals surface area (Å²) in [5.41, 5.74) is 3.22. The number of benzene rings is 1. The molecule has 16 heavy (non-hydrogen) atoms. The monoisotopic (exact) mass is 218 g/mol. The van der Waals surface area contributed by atoms with Gasteiger partial charge in [-0.3, -0.25) is 4.79 Å². The van der Waals surface area contributed by atoms with Crippen molar-refractivity contribution in [2.45, 2.75) is 20.3 Å². The van der Waals surface area contributed by atoms with Gasteiger partial charge in [0.1, 0.15) is 0 Å². The lowest BCUT2D eigenvalue weighted by molar-refractivity contribution is -0.119. The van der Waals surface area contributed by atoms with Gasteiger partial charge in [-0.1, -0.05) is 18.2 Å². The van der Waals surface area contributed by atoms with Gasteiger partial charge >= 0.3 is 0 Å². The Bertz CT molecular complexity index is 375. The second-order valence-electron chi connectivity index (χ2n) is 4.45. The summed E-state index contributed by atoms with van der Waals surface area (Å²) < 4.78 is 0. The molecule has 1 fully saturated rings. The van der Waals surface area contributed by atoms with Gasteiger partial charge in [0.25, 0.3) is 0 Å². The highest BCUT2D eigenvalue weighted by Crippen LogP contribution is 2.21. The molecule has 0 aromatic heterocycles. The predicted octanol–water partition coefficient (Wildman–Crippen LogP) is 1.85. The molecule has 1 aromatic rings. The Morgan fingerprint density at radius 2 is 2.06 bits per heavy atom. The minimum absolute atomic E-state index is 0.124. The van der Waals surface area contributed by atoms with Crippen LogP contribution in [0.1, 0.15) is 17.5 Å². The average Bonchev–Trinajstić information content (AvgIpc) is 2.76. The number of carbonyl (C=O) groups excluding carboxylic acids is 1. The first-order valence-corrected chi connectivity index (χ1v) is 5.76. The second-order valence-corrected chi connectivity index (χ2v) is 4.45. The Morgan fingerprint density at radius 1 is 1.38 bits per heavy atom. The van der Waals surface area contributed by atoms with Crippen LogP contribution < -0.4 is 10.6 Å². The summed E-state index contributed by atoms with van der Waals surface area (Å²) in [6.07, 6.45) is 0.941. The summed E-state index contributed by atoms with van der Waals surface area (Å²) in [4.78, 5) is 12.0. The number of hydrogen-bond donors (Lipinski definition) is 2. The van der Waals surface area contributed by atoms with Gasteiger partial charge in [-0.15, -0.1) is 0 Å². The van der Waals surface area contributed by atoms with E-state index in [0.29, 0.717) is 0 Å². The molecule has 1 atom stereocenters. The summed E-state index contributed by atoms with van der Waals surface area (Å²) in [5, 5.41) is 6.25. The summed E-state index contributed by atoms with van der Waals surface area (Å²) in [6.45, 7) is 5.80. The van der Waals surface area contributed by atoms with Crippen LogP contribution in [0.15, 0.2) is 18.2 Å². The number of nitrogens with one attached hydrogen (secondary N) is 2. The van der Waals surface area contributed by atoms with E-state index in [0.717, 1.165) is 36.3 Å². The molecule has 0 radical (unpaired) electrons. The molecular weight excluding hydrogens is 200 g/mol. The molecule has 1 saturated heterocycles. The fourth-order valence-corrected chi connectivity index (χ4v) is 2.12. The van der Waals surface area contributed by atoms with Gasteiger partial charge in [0.2, 0.25) is 5.91 Å². The molecule has 0 bridgehead atoms. The molecule has 86 valence electrons. The van der Waals surface area contributed by atoms with Crippen LogP contribution in [0.5, 0.6) is 0 Å². The van der Waals surface area contributed by atoms with E-state index >= 15 is 0 Å². The first-order valence-electron chi connectivity index (χ1n) is 5.76. The standard InChI is InChI=1S/C13H18N2O/c1-9-4-3-5-10(2)12(9)15-13(16)11-6-7-14-8-11/h3-5,11,14H,6-8H2,1-2H3,(H,15,16). The molecule has 1 aromatic carbocycles. The van der Waals surface area contributed by atoms with Crippen molar-refractivity contribution in [1.29, 1.82) is 0 Å². The van der Waals surface area contributed by atoms with E-state index in [4.69, 9.17) is 0 Å². The maximum absolute atomic E-state index is 12.0. The summed E-state index contributed by atoms with van der Waals surface area (Å²) >= 11 is 0. The lowest BCUT2D eigenvalue weighted by Gasteiger charge is -2.14. The molecular formula is C13H18N2O. The van der Waals surface area contributed by atoms with Crippen molar-refractivity contribution < 1.29 is 4.79 Å². The molecule has 2 N–H and O–H groups in total. The van der Waals surface area contributed by atoms with Crippen molar-refractivity contribution in [2.75, 3.05) is 18.4 Å². The molecule has 3 heteroatoms. The Kier molecular flexibility index (Phi) is 3.25. The Balaban J connectivity index is 2.11. The topological polar surface area (TPSA) is 41.1 Å². The minimum atomic E-state index is 0.124. The van der Waals surface area contributed by atoms with E-state index < -0.39 is 0 Å². The van der Waals surface area contributed by atoms with Gasteiger partial charge in [-0.25, -0.2) is 0 Å². The van der Waals surface area contributed by atoms with E-state index in [1.165, 1.54) is 0 Å². The molecule has 1 heterocycles. The number of carbonyl (C=O) groups is 1. The van der Waals surface area contributed by atoms with Gasteiger partial charge in [0.15, 0.2) is 0 Å². The van der Waals surface area contributed by atoms with Crippen LogP contribution in [0.2, 0.25) is 0 Å². The molecule has 0 aliphatic carbocycles. The lowest BCUT2D eigenvalue weighted by Crippen LogP contribution is -2.25. The van der Waals surface area contributed by atoms with Crippen molar-refractivity contribution in [1.82, 2.24) is 5.32 Å². The number of hydrogen-bond acceptors (Lipinski definition) is 2. The largest absolute Gasteiger partial charge is 0.325 e. The van der Waals surface area contributed by atoms with Gasteiger partial charge in [0, 0.05) is 12.2 Å². The number of amides is 1. The Labute approximate surface area is 96.2 Å². The third-order valence-corrected chi connectivity index (χ3v) is 3.16. The van der Waals surface area contributed by atoms with Crippen LogP contribution in [0.25, 0.3) is 0 Å². The Morgan fingerprint density at radius 3 is 2.62 bits per heavy atom. The molecule has 1 unspecified atom stereocenters. The van der Waals surface area contributed by atoms with E-state index in [1.54, 1.807) is 0 Å². The Hall–Kier alpha value is -1.35. The number of rotatable bonds is 2. The lowest BCUT2D eigenvalue weighted by atomic mass is 10.1. The van der Waals surface area contributed by atoms with Gasteiger partial charge < -0.3 is 10.6 Å². The summed E-state index contributed by atoms with van der Waals surface area (Å²) in [6, 6.07) is 6.06.